The van der Waals surface area contributed by atoms with Crippen LogP contribution in [0.15, 0.2) is 72.8 Å². The highest BCUT2D eigenvalue weighted by Gasteiger charge is 2.50. The molecule has 25 heavy (non-hydrogen) atoms. The number of carbonyl (C=O) groups is 2. The quantitative estimate of drug-likeness (QED) is 0.636. The van der Waals surface area contributed by atoms with Crippen LogP contribution in [-0.4, -0.2) is 22.9 Å². The number of β-lactam (4-membered cyclic amide) rings is 1. The summed E-state index contributed by atoms with van der Waals surface area (Å²) in [6.07, 6.45) is 2.64. The number of hydrogen-bond acceptors (Lipinski definition) is 4. The Morgan fingerprint density at radius 2 is 1.76 bits per heavy atom. The van der Waals surface area contributed by atoms with Gasteiger partial charge in [-0.25, -0.2) is 9.69 Å². The van der Waals surface area contributed by atoms with Crippen LogP contribution >= 0.6 is 0 Å². The molecule has 124 valence electrons. The lowest BCUT2D eigenvalue weighted by molar-refractivity contribution is -0.148. The lowest BCUT2D eigenvalue weighted by atomic mass is 9.82. The molecule has 0 unspecified atom stereocenters. The molecule has 1 fully saturated rings. The van der Waals surface area contributed by atoms with E-state index in [2.05, 4.69) is 0 Å². The predicted octanol–water partition coefficient (Wildman–Crippen LogP) is 3.33. The molecule has 1 aliphatic rings. The number of hydrogen-bond donors (Lipinski definition) is 0. The molecule has 2 aromatic rings. The fourth-order valence-corrected chi connectivity index (χ4v) is 2.86. The molecule has 1 heterocycles. The van der Waals surface area contributed by atoms with Gasteiger partial charge in [0.1, 0.15) is 5.75 Å². The number of likely N-dealkylation sites (tertiary alicyclic amines) is 1. The average Bonchev–Trinajstić information content (AvgIpc) is 2.64. The minimum absolute atomic E-state index is 0.294. The van der Waals surface area contributed by atoms with Crippen molar-refractivity contribution in [2.75, 3.05) is 0 Å². The summed E-state index contributed by atoms with van der Waals surface area (Å²) in [6.45, 7) is 0. The zero-order valence-electron chi connectivity index (χ0n) is 13.4. The molecule has 0 aromatic heterocycles. The molecule has 0 spiro atoms. The van der Waals surface area contributed by atoms with Crippen molar-refractivity contribution < 1.29 is 14.3 Å². The Bertz CT molecular complexity index is 825. The van der Waals surface area contributed by atoms with E-state index in [1.165, 1.54) is 6.08 Å². The maximum atomic E-state index is 12.5. The van der Waals surface area contributed by atoms with Gasteiger partial charge in [-0.15, -0.1) is 0 Å². The van der Waals surface area contributed by atoms with Crippen molar-refractivity contribution in [3.05, 3.63) is 78.4 Å². The molecule has 1 saturated heterocycles. The number of rotatable bonds is 4. The molecule has 5 heteroatoms. The van der Waals surface area contributed by atoms with Gasteiger partial charge in [0.05, 0.1) is 18.0 Å². The summed E-state index contributed by atoms with van der Waals surface area (Å²) in [7, 11) is 0. The summed E-state index contributed by atoms with van der Waals surface area (Å²) in [5.74, 6) is -0.303. The van der Waals surface area contributed by atoms with Crippen LogP contribution in [0.2, 0.25) is 0 Å². The lowest BCUT2D eigenvalue weighted by Gasteiger charge is -2.43. The van der Waals surface area contributed by atoms with Gasteiger partial charge in [0.15, 0.2) is 0 Å². The minimum Gasteiger partial charge on any atom is -0.410 e. The van der Waals surface area contributed by atoms with E-state index in [0.29, 0.717) is 12.2 Å². The van der Waals surface area contributed by atoms with E-state index in [9.17, 15) is 9.59 Å². The van der Waals surface area contributed by atoms with Gasteiger partial charge in [0, 0.05) is 6.08 Å². The second kappa shape index (κ2) is 7.45. The number of para-hydroxylation sites is 1. The van der Waals surface area contributed by atoms with Crippen molar-refractivity contribution in [3.63, 3.8) is 0 Å². The van der Waals surface area contributed by atoms with E-state index in [4.69, 9.17) is 10.00 Å². The topological polar surface area (TPSA) is 70.4 Å². The normalized spacial score (nSPS) is 19.3. The molecule has 2 atom stereocenters. The van der Waals surface area contributed by atoms with Crippen molar-refractivity contribution >= 4 is 12.0 Å². The highest BCUT2D eigenvalue weighted by atomic mass is 16.6. The average molecular weight is 332 g/mol. The molecule has 5 nitrogen and oxygen atoms in total. The Labute approximate surface area is 145 Å². The third-order valence-corrected chi connectivity index (χ3v) is 4.08. The number of ether oxygens (including phenoxy) is 1. The van der Waals surface area contributed by atoms with Crippen LogP contribution in [0, 0.1) is 17.2 Å². The van der Waals surface area contributed by atoms with Crippen LogP contribution < -0.4 is 4.74 Å². The van der Waals surface area contributed by atoms with Crippen LogP contribution in [0.3, 0.4) is 0 Å². The van der Waals surface area contributed by atoms with Crippen molar-refractivity contribution in [1.82, 2.24) is 4.90 Å². The van der Waals surface area contributed by atoms with E-state index in [1.54, 1.807) is 36.4 Å². The van der Waals surface area contributed by atoms with E-state index < -0.39 is 12.1 Å². The Kier molecular flexibility index (Phi) is 4.91. The monoisotopic (exact) mass is 332 g/mol. The number of imide groups is 1. The SMILES string of the molecule is N#C/C=C/[C@@H]1[C@H](Cc2ccccc2)C(=O)N1C(=O)Oc1ccccc1. The van der Waals surface area contributed by atoms with Crippen LogP contribution in [0.5, 0.6) is 5.75 Å². The third kappa shape index (κ3) is 3.59. The predicted molar refractivity (Wildman–Crippen MR) is 91.5 cm³/mol. The number of allylic oxidation sites excluding steroid dienone is 1. The van der Waals surface area contributed by atoms with Crippen LogP contribution in [0.25, 0.3) is 0 Å². The molecule has 0 aliphatic carbocycles. The molecule has 1 aliphatic heterocycles. The number of nitriles is 1. The van der Waals surface area contributed by atoms with Gasteiger partial charge in [0.2, 0.25) is 5.91 Å². The minimum atomic E-state index is -0.729. The summed E-state index contributed by atoms with van der Waals surface area (Å²) in [5.41, 5.74) is 1.01. The van der Waals surface area contributed by atoms with E-state index in [1.807, 2.05) is 36.4 Å². The summed E-state index contributed by atoms with van der Waals surface area (Å²) >= 11 is 0. The van der Waals surface area contributed by atoms with Crippen molar-refractivity contribution in [2.45, 2.75) is 12.5 Å². The van der Waals surface area contributed by atoms with E-state index in [0.717, 1.165) is 10.5 Å². The first kappa shape index (κ1) is 16.5. The Morgan fingerprint density at radius 3 is 2.40 bits per heavy atom. The molecule has 0 radical (unpaired) electrons. The second-order valence-electron chi connectivity index (χ2n) is 5.66. The molecule has 2 amide bonds. The van der Waals surface area contributed by atoms with Crippen molar-refractivity contribution in [3.8, 4) is 11.8 Å². The molecule has 2 aromatic carbocycles. The van der Waals surface area contributed by atoms with E-state index in [-0.39, 0.29) is 11.8 Å². The van der Waals surface area contributed by atoms with Crippen LogP contribution in [0.1, 0.15) is 5.56 Å². The molecular formula is C20H16N2O3. The maximum Gasteiger partial charge on any atom is 0.422 e. The first-order valence-electron chi connectivity index (χ1n) is 7.91. The highest BCUT2D eigenvalue weighted by molar-refractivity contribution is 6.00. The zero-order valence-corrected chi connectivity index (χ0v) is 13.4. The summed E-state index contributed by atoms with van der Waals surface area (Å²) < 4.78 is 5.25. The Hall–Kier alpha value is -3.39. The second-order valence-corrected chi connectivity index (χ2v) is 5.66. The molecule has 0 saturated carbocycles. The smallest absolute Gasteiger partial charge is 0.410 e. The molecule has 0 N–H and O–H groups in total. The van der Waals surface area contributed by atoms with Gasteiger partial charge in [-0.05, 0) is 24.1 Å². The summed E-state index contributed by atoms with van der Waals surface area (Å²) in [6, 6.07) is 19.6. The number of nitrogens with zero attached hydrogens (tertiary/aromatic N) is 2. The van der Waals surface area contributed by atoms with Crippen molar-refractivity contribution in [2.24, 2.45) is 5.92 Å². The van der Waals surface area contributed by atoms with Crippen LogP contribution in [0.4, 0.5) is 4.79 Å². The van der Waals surface area contributed by atoms with Gasteiger partial charge in [-0.1, -0.05) is 54.6 Å². The zero-order chi connectivity index (χ0) is 17.6. The fraction of sp³-hybridized carbons (Fsp3) is 0.150. The van der Waals surface area contributed by atoms with Gasteiger partial charge in [-0.3, -0.25) is 4.79 Å². The van der Waals surface area contributed by atoms with Crippen LogP contribution in [-0.2, 0) is 11.2 Å². The first-order valence-corrected chi connectivity index (χ1v) is 7.91. The molecule has 3 rings (SSSR count). The molecular weight excluding hydrogens is 316 g/mol. The largest absolute Gasteiger partial charge is 0.422 e. The van der Waals surface area contributed by atoms with Gasteiger partial charge in [-0.2, -0.15) is 5.26 Å². The highest BCUT2D eigenvalue weighted by Crippen LogP contribution is 2.32. The lowest BCUT2D eigenvalue weighted by Crippen LogP contribution is -2.63. The Balaban J connectivity index is 1.75. The summed E-state index contributed by atoms with van der Waals surface area (Å²) in [5, 5.41) is 8.78. The summed E-state index contributed by atoms with van der Waals surface area (Å²) in [4.78, 5) is 25.9. The van der Waals surface area contributed by atoms with Gasteiger partial charge in [0.25, 0.3) is 0 Å². The maximum absolute atomic E-state index is 12.5. The van der Waals surface area contributed by atoms with Gasteiger partial charge >= 0.3 is 6.09 Å². The first-order chi connectivity index (χ1) is 12.2. The Morgan fingerprint density at radius 1 is 1.12 bits per heavy atom. The molecule has 0 bridgehead atoms. The third-order valence-electron chi connectivity index (χ3n) is 4.08. The number of carbonyl (C=O) groups excluding carboxylic acids is 2. The number of amides is 2. The number of benzene rings is 2. The van der Waals surface area contributed by atoms with Gasteiger partial charge < -0.3 is 4.74 Å². The van der Waals surface area contributed by atoms with E-state index >= 15 is 0 Å². The fourth-order valence-electron chi connectivity index (χ4n) is 2.86. The standard InChI is InChI=1S/C20H16N2O3/c21-13-7-12-18-17(14-15-8-3-1-4-9-15)19(23)22(18)20(24)25-16-10-5-2-6-11-16/h1-12,17-18H,14H2/b12-7+/t17-,18+/m0/s1. The van der Waals surface area contributed by atoms with Crippen molar-refractivity contribution in [1.29, 1.82) is 5.26 Å².